The highest BCUT2D eigenvalue weighted by Gasteiger charge is 2.33. The molecular formula is C14H18N2O3S. The van der Waals surface area contributed by atoms with Crippen LogP contribution in [-0.4, -0.2) is 32.4 Å². The normalized spacial score (nSPS) is 24.1. The summed E-state index contributed by atoms with van der Waals surface area (Å²) in [5, 5.41) is 6.21. The Hall–Kier alpha value is -1.40. The molecule has 1 aromatic rings. The third kappa shape index (κ3) is 2.71. The molecule has 0 radical (unpaired) electrons. The number of anilines is 1. The summed E-state index contributed by atoms with van der Waals surface area (Å²) in [5.74, 6) is -0.465. The van der Waals surface area contributed by atoms with E-state index in [-0.39, 0.29) is 17.4 Å². The molecule has 108 valence electrons. The SMILES string of the molecule is O=C(Nc1cccc2c1CCNC2)C1CCS(=O)(=O)C1. The van der Waals surface area contributed by atoms with Gasteiger partial charge in [-0.05, 0) is 36.6 Å². The first-order valence-electron chi connectivity index (χ1n) is 6.88. The van der Waals surface area contributed by atoms with Crippen molar-refractivity contribution in [3.05, 3.63) is 29.3 Å². The molecule has 1 saturated heterocycles. The van der Waals surface area contributed by atoms with Crippen molar-refractivity contribution in [2.45, 2.75) is 19.4 Å². The average Bonchev–Trinajstić information content (AvgIpc) is 2.80. The summed E-state index contributed by atoms with van der Waals surface area (Å²) in [4.78, 5) is 12.2. The van der Waals surface area contributed by atoms with Crippen LogP contribution in [0.4, 0.5) is 5.69 Å². The quantitative estimate of drug-likeness (QED) is 0.842. The molecule has 1 amide bonds. The van der Waals surface area contributed by atoms with Crippen LogP contribution in [0.3, 0.4) is 0 Å². The molecule has 0 saturated carbocycles. The molecule has 2 aliphatic rings. The number of hydrogen-bond donors (Lipinski definition) is 2. The van der Waals surface area contributed by atoms with Gasteiger partial charge in [-0.2, -0.15) is 0 Å². The Labute approximate surface area is 118 Å². The lowest BCUT2D eigenvalue weighted by Crippen LogP contribution is -2.27. The van der Waals surface area contributed by atoms with Crippen molar-refractivity contribution < 1.29 is 13.2 Å². The summed E-state index contributed by atoms with van der Waals surface area (Å²) < 4.78 is 22.9. The van der Waals surface area contributed by atoms with Gasteiger partial charge in [0.2, 0.25) is 5.91 Å². The van der Waals surface area contributed by atoms with Crippen LogP contribution in [0, 0.1) is 5.92 Å². The topological polar surface area (TPSA) is 75.3 Å². The minimum absolute atomic E-state index is 0.0184. The van der Waals surface area contributed by atoms with E-state index < -0.39 is 15.8 Å². The van der Waals surface area contributed by atoms with Gasteiger partial charge >= 0.3 is 0 Å². The van der Waals surface area contributed by atoms with Gasteiger partial charge in [-0.25, -0.2) is 8.42 Å². The Morgan fingerprint density at radius 1 is 1.35 bits per heavy atom. The van der Waals surface area contributed by atoms with Gasteiger partial charge in [-0.15, -0.1) is 0 Å². The maximum absolute atomic E-state index is 12.2. The second-order valence-electron chi connectivity index (χ2n) is 5.46. The predicted molar refractivity (Wildman–Crippen MR) is 77.2 cm³/mol. The van der Waals surface area contributed by atoms with E-state index in [1.54, 1.807) is 0 Å². The van der Waals surface area contributed by atoms with Gasteiger partial charge in [0.1, 0.15) is 0 Å². The first-order chi connectivity index (χ1) is 9.55. The number of nitrogens with one attached hydrogen (secondary N) is 2. The largest absolute Gasteiger partial charge is 0.326 e. The van der Waals surface area contributed by atoms with Gasteiger partial charge in [-0.1, -0.05) is 12.1 Å². The minimum atomic E-state index is -3.02. The molecule has 6 heteroatoms. The van der Waals surface area contributed by atoms with Crippen LogP contribution >= 0.6 is 0 Å². The number of sulfone groups is 1. The highest BCUT2D eigenvalue weighted by molar-refractivity contribution is 7.91. The van der Waals surface area contributed by atoms with E-state index in [4.69, 9.17) is 0 Å². The standard InChI is InChI=1S/C14H18N2O3S/c17-14(11-5-7-20(18,19)9-11)16-13-3-1-2-10-8-15-6-4-12(10)13/h1-3,11,15H,4-9H2,(H,16,17). The molecule has 0 bridgehead atoms. The lowest BCUT2D eigenvalue weighted by molar-refractivity contribution is -0.119. The van der Waals surface area contributed by atoms with Crippen LogP contribution in [-0.2, 0) is 27.6 Å². The average molecular weight is 294 g/mol. The molecule has 20 heavy (non-hydrogen) atoms. The summed E-state index contributed by atoms with van der Waals surface area (Å²) in [5.41, 5.74) is 3.20. The van der Waals surface area contributed by atoms with Gasteiger partial charge in [0, 0.05) is 12.2 Å². The molecule has 0 aliphatic carbocycles. The van der Waals surface area contributed by atoms with Crippen molar-refractivity contribution >= 4 is 21.4 Å². The molecular weight excluding hydrogens is 276 g/mol. The van der Waals surface area contributed by atoms with Crippen molar-refractivity contribution in [2.24, 2.45) is 5.92 Å². The van der Waals surface area contributed by atoms with Crippen LogP contribution in [0.25, 0.3) is 0 Å². The number of carbonyl (C=O) groups is 1. The smallest absolute Gasteiger partial charge is 0.228 e. The Morgan fingerprint density at radius 3 is 2.95 bits per heavy atom. The summed E-state index contributed by atoms with van der Waals surface area (Å²) in [6, 6.07) is 5.87. The zero-order chi connectivity index (χ0) is 14.2. The number of hydrogen-bond acceptors (Lipinski definition) is 4. The highest BCUT2D eigenvalue weighted by atomic mass is 32.2. The minimum Gasteiger partial charge on any atom is -0.326 e. The van der Waals surface area contributed by atoms with Gasteiger partial charge in [-0.3, -0.25) is 4.79 Å². The van der Waals surface area contributed by atoms with Crippen molar-refractivity contribution in [1.29, 1.82) is 0 Å². The fraction of sp³-hybridized carbons (Fsp3) is 0.500. The number of fused-ring (bicyclic) bond motifs is 1. The number of carbonyl (C=O) groups excluding carboxylic acids is 1. The number of amides is 1. The number of rotatable bonds is 2. The second-order valence-corrected chi connectivity index (χ2v) is 7.69. The van der Waals surface area contributed by atoms with E-state index in [1.165, 1.54) is 11.1 Å². The molecule has 2 heterocycles. The Balaban J connectivity index is 1.77. The first kappa shape index (κ1) is 13.6. The van der Waals surface area contributed by atoms with Gasteiger partial charge in [0.25, 0.3) is 0 Å². The van der Waals surface area contributed by atoms with E-state index in [9.17, 15) is 13.2 Å². The van der Waals surface area contributed by atoms with Gasteiger partial charge in [0.15, 0.2) is 9.84 Å². The fourth-order valence-electron chi connectivity index (χ4n) is 2.89. The summed E-state index contributed by atoms with van der Waals surface area (Å²) in [7, 11) is -3.02. The van der Waals surface area contributed by atoms with E-state index in [0.29, 0.717) is 6.42 Å². The lowest BCUT2D eigenvalue weighted by atomic mass is 9.98. The molecule has 0 spiro atoms. The number of benzene rings is 1. The molecule has 1 unspecified atom stereocenters. The molecule has 2 N–H and O–H groups in total. The molecule has 0 aromatic heterocycles. The summed E-state index contributed by atoms with van der Waals surface area (Å²) >= 11 is 0. The summed E-state index contributed by atoms with van der Waals surface area (Å²) in [6.07, 6.45) is 1.32. The van der Waals surface area contributed by atoms with Crippen LogP contribution in [0.5, 0.6) is 0 Å². The van der Waals surface area contributed by atoms with Crippen molar-refractivity contribution in [3.63, 3.8) is 0 Å². The van der Waals surface area contributed by atoms with Gasteiger partial charge in [0.05, 0.1) is 17.4 Å². The van der Waals surface area contributed by atoms with Crippen LogP contribution < -0.4 is 10.6 Å². The third-order valence-corrected chi connectivity index (χ3v) is 5.77. The monoisotopic (exact) mass is 294 g/mol. The van der Waals surface area contributed by atoms with E-state index in [2.05, 4.69) is 16.7 Å². The van der Waals surface area contributed by atoms with Crippen molar-refractivity contribution in [1.82, 2.24) is 5.32 Å². The lowest BCUT2D eigenvalue weighted by Gasteiger charge is -2.21. The maximum atomic E-state index is 12.2. The Morgan fingerprint density at radius 2 is 2.20 bits per heavy atom. The van der Waals surface area contributed by atoms with Crippen LogP contribution in [0.1, 0.15) is 17.5 Å². The predicted octanol–water partition coefficient (Wildman–Crippen LogP) is 0.706. The fourth-order valence-corrected chi connectivity index (χ4v) is 4.63. The molecule has 1 atom stereocenters. The van der Waals surface area contributed by atoms with Gasteiger partial charge < -0.3 is 10.6 Å². The second kappa shape index (κ2) is 5.18. The van der Waals surface area contributed by atoms with E-state index in [1.807, 2.05) is 12.1 Å². The molecule has 1 fully saturated rings. The Bertz CT molecular complexity index is 640. The highest BCUT2D eigenvalue weighted by Crippen LogP contribution is 2.25. The maximum Gasteiger partial charge on any atom is 0.228 e. The molecule has 2 aliphatic heterocycles. The molecule has 5 nitrogen and oxygen atoms in total. The first-order valence-corrected chi connectivity index (χ1v) is 8.70. The zero-order valence-corrected chi connectivity index (χ0v) is 12.0. The third-order valence-electron chi connectivity index (χ3n) is 4.00. The van der Waals surface area contributed by atoms with Crippen molar-refractivity contribution in [2.75, 3.05) is 23.4 Å². The van der Waals surface area contributed by atoms with E-state index in [0.717, 1.165) is 25.2 Å². The summed E-state index contributed by atoms with van der Waals surface area (Å²) in [6.45, 7) is 1.72. The molecule has 3 rings (SSSR count). The van der Waals surface area contributed by atoms with E-state index >= 15 is 0 Å². The Kier molecular flexibility index (Phi) is 3.52. The molecule has 1 aromatic carbocycles. The zero-order valence-electron chi connectivity index (χ0n) is 11.2. The van der Waals surface area contributed by atoms with Crippen molar-refractivity contribution in [3.8, 4) is 0 Å². The van der Waals surface area contributed by atoms with Crippen LogP contribution in [0.15, 0.2) is 18.2 Å². The van der Waals surface area contributed by atoms with Crippen LogP contribution in [0.2, 0.25) is 0 Å².